The fourth-order valence-corrected chi connectivity index (χ4v) is 4.47. The number of alkyl halides is 3. The number of nitrogens with zero attached hydrogens (tertiary/aromatic N) is 2. The molecule has 5 nitrogen and oxygen atoms in total. The summed E-state index contributed by atoms with van der Waals surface area (Å²) in [7, 11) is 0. The minimum Gasteiger partial charge on any atom is -0.349 e. The third-order valence-electron chi connectivity index (χ3n) is 5.25. The van der Waals surface area contributed by atoms with E-state index in [4.69, 9.17) is 0 Å². The van der Waals surface area contributed by atoms with Gasteiger partial charge < -0.3 is 5.32 Å². The smallest absolute Gasteiger partial charge is 0.349 e. The summed E-state index contributed by atoms with van der Waals surface area (Å²) in [5, 5.41) is 8.00. The van der Waals surface area contributed by atoms with Gasteiger partial charge in [0.15, 0.2) is 0 Å². The molecule has 0 radical (unpaired) electrons. The first-order chi connectivity index (χ1) is 9.95. The Kier molecular flexibility index (Phi) is 2.62. The Balaban J connectivity index is 1.34. The van der Waals surface area contributed by atoms with Gasteiger partial charge in [-0.25, -0.2) is 4.98 Å². The molecule has 0 spiro atoms. The van der Waals surface area contributed by atoms with Crippen molar-refractivity contribution in [2.75, 3.05) is 0 Å². The van der Waals surface area contributed by atoms with Gasteiger partial charge in [0.25, 0.3) is 5.82 Å². The number of hydrogen-bond donors (Lipinski definition) is 2. The zero-order valence-electron chi connectivity index (χ0n) is 11.2. The first-order valence-corrected chi connectivity index (χ1v) is 7.21. The van der Waals surface area contributed by atoms with Gasteiger partial charge in [-0.2, -0.15) is 13.2 Å². The van der Waals surface area contributed by atoms with Crippen molar-refractivity contribution in [2.24, 2.45) is 29.6 Å². The number of rotatable bonds is 3. The minimum atomic E-state index is -4.56. The quantitative estimate of drug-likeness (QED) is 0.893. The average molecular weight is 300 g/mol. The maximum atomic E-state index is 12.4. The number of amides is 1. The van der Waals surface area contributed by atoms with Crippen LogP contribution < -0.4 is 5.32 Å². The molecule has 3 saturated carbocycles. The van der Waals surface area contributed by atoms with E-state index in [-0.39, 0.29) is 24.2 Å². The van der Waals surface area contributed by atoms with Crippen molar-refractivity contribution in [3.63, 3.8) is 0 Å². The van der Waals surface area contributed by atoms with Crippen LogP contribution >= 0.6 is 0 Å². The average Bonchev–Trinajstić information content (AvgIpc) is 2.84. The van der Waals surface area contributed by atoms with Crippen molar-refractivity contribution in [3.8, 4) is 0 Å². The number of H-pyrrole nitrogens is 1. The molecule has 4 rings (SSSR count). The maximum absolute atomic E-state index is 12.4. The topological polar surface area (TPSA) is 70.7 Å². The molecule has 1 unspecified atom stereocenters. The van der Waals surface area contributed by atoms with Crippen molar-refractivity contribution < 1.29 is 18.0 Å². The van der Waals surface area contributed by atoms with E-state index < -0.39 is 12.0 Å². The van der Waals surface area contributed by atoms with Crippen LogP contribution in [-0.4, -0.2) is 21.1 Å². The van der Waals surface area contributed by atoms with Crippen LogP contribution in [0.1, 0.15) is 30.9 Å². The largest absolute Gasteiger partial charge is 0.453 e. The third-order valence-corrected chi connectivity index (χ3v) is 5.25. The standard InChI is InChI=1S/C13H15F3N4O/c14-13(15,16)12-18-7(19-20-12)4-17-11(21)10-8-5-1-2-6(3-5)9(8)10/h5-6,8-10H,1-4H2,(H,17,21)(H,18,19,20)/t5-,6+,8+,9-,10?. The summed E-state index contributed by atoms with van der Waals surface area (Å²) in [6, 6.07) is 0. The van der Waals surface area contributed by atoms with Crippen LogP contribution in [0.3, 0.4) is 0 Å². The van der Waals surface area contributed by atoms with Crippen LogP contribution in [0, 0.1) is 29.6 Å². The van der Waals surface area contributed by atoms with E-state index in [9.17, 15) is 18.0 Å². The van der Waals surface area contributed by atoms with Gasteiger partial charge in [0.2, 0.25) is 5.91 Å². The lowest BCUT2D eigenvalue weighted by molar-refractivity contribution is -0.144. The van der Waals surface area contributed by atoms with E-state index in [1.54, 1.807) is 0 Å². The van der Waals surface area contributed by atoms with E-state index >= 15 is 0 Å². The maximum Gasteiger partial charge on any atom is 0.453 e. The Hall–Kier alpha value is -1.60. The number of carbonyl (C=O) groups excluding carboxylic acids is 1. The van der Waals surface area contributed by atoms with Crippen LogP contribution in [0.4, 0.5) is 13.2 Å². The van der Waals surface area contributed by atoms with Gasteiger partial charge in [0.1, 0.15) is 5.82 Å². The normalized spacial score (nSPS) is 36.6. The van der Waals surface area contributed by atoms with Crippen LogP contribution in [0.25, 0.3) is 0 Å². The second-order valence-electron chi connectivity index (χ2n) is 6.33. The molecule has 1 aromatic rings. The Morgan fingerprint density at radius 2 is 1.95 bits per heavy atom. The molecule has 3 fully saturated rings. The van der Waals surface area contributed by atoms with Gasteiger partial charge >= 0.3 is 6.18 Å². The summed E-state index contributed by atoms with van der Waals surface area (Å²) >= 11 is 0. The van der Waals surface area contributed by atoms with Gasteiger partial charge in [-0.1, -0.05) is 0 Å². The van der Waals surface area contributed by atoms with Crippen LogP contribution in [0.2, 0.25) is 0 Å². The SMILES string of the molecule is O=C(NCc1nc(C(F)(F)F)n[nH]1)C1[C@@H]2[C@H]3CC[C@H](C3)[C@H]12. The highest BCUT2D eigenvalue weighted by molar-refractivity contribution is 5.82. The molecule has 114 valence electrons. The van der Waals surface area contributed by atoms with E-state index in [0.29, 0.717) is 23.7 Å². The Morgan fingerprint density at radius 1 is 1.29 bits per heavy atom. The zero-order valence-corrected chi connectivity index (χ0v) is 11.2. The van der Waals surface area contributed by atoms with Gasteiger partial charge in [-0.3, -0.25) is 9.89 Å². The van der Waals surface area contributed by atoms with Crippen molar-refractivity contribution in [3.05, 3.63) is 11.6 Å². The van der Waals surface area contributed by atoms with E-state index in [1.807, 2.05) is 0 Å². The number of hydrogen-bond acceptors (Lipinski definition) is 3. The molecular weight excluding hydrogens is 285 g/mol. The van der Waals surface area contributed by atoms with Gasteiger partial charge in [0.05, 0.1) is 6.54 Å². The number of halogens is 3. The van der Waals surface area contributed by atoms with E-state index in [1.165, 1.54) is 19.3 Å². The summed E-state index contributed by atoms with van der Waals surface area (Å²) in [6.07, 6.45) is -0.846. The predicted octanol–water partition coefficient (Wildman–Crippen LogP) is 1.73. The highest BCUT2D eigenvalue weighted by Crippen LogP contribution is 2.69. The molecule has 1 amide bonds. The molecule has 0 saturated heterocycles. The minimum absolute atomic E-state index is 0.0319. The third kappa shape index (κ3) is 2.03. The second kappa shape index (κ2) is 4.20. The highest BCUT2D eigenvalue weighted by Gasteiger charge is 2.67. The van der Waals surface area contributed by atoms with Gasteiger partial charge in [-0.05, 0) is 42.9 Å². The second-order valence-corrected chi connectivity index (χ2v) is 6.33. The van der Waals surface area contributed by atoms with E-state index in [2.05, 4.69) is 20.5 Å². The molecule has 1 heterocycles. The first kappa shape index (κ1) is 13.1. The molecule has 1 aromatic heterocycles. The van der Waals surface area contributed by atoms with Crippen LogP contribution in [0.15, 0.2) is 0 Å². The van der Waals surface area contributed by atoms with Crippen molar-refractivity contribution >= 4 is 5.91 Å². The summed E-state index contributed by atoms with van der Waals surface area (Å²) < 4.78 is 37.1. The molecule has 0 aliphatic heterocycles. The number of fused-ring (bicyclic) bond motifs is 5. The Bertz CT molecular complexity index is 568. The zero-order chi connectivity index (χ0) is 14.8. The fourth-order valence-electron chi connectivity index (χ4n) is 4.47. The lowest BCUT2D eigenvalue weighted by Crippen LogP contribution is -2.27. The summed E-state index contributed by atoms with van der Waals surface area (Å²) in [5.74, 6) is 1.27. The Labute approximate surface area is 118 Å². The first-order valence-electron chi connectivity index (χ1n) is 7.21. The Morgan fingerprint density at radius 3 is 2.52 bits per heavy atom. The van der Waals surface area contributed by atoms with E-state index in [0.717, 1.165) is 0 Å². The molecule has 2 N–H and O–H groups in total. The van der Waals surface area contributed by atoms with Crippen molar-refractivity contribution in [1.29, 1.82) is 0 Å². The molecule has 5 atom stereocenters. The number of nitrogens with one attached hydrogen (secondary N) is 2. The molecule has 2 bridgehead atoms. The predicted molar refractivity (Wildman–Crippen MR) is 64.5 cm³/mol. The molecule has 21 heavy (non-hydrogen) atoms. The highest BCUT2D eigenvalue weighted by atomic mass is 19.4. The summed E-state index contributed by atoms with van der Waals surface area (Å²) in [5.41, 5.74) is 0. The van der Waals surface area contributed by atoms with Crippen LogP contribution in [0.5, 0.6) is 0 Å². The fraction of sp³-hybridized carbons (Fsp3) is 0.769. The lowest BCUT2D eigenvalue weighted by Gasteiger charge is -2.08. The molecular formula is C13H15F3N4O. The van der Waals surface area contributed by atoms with Gasteiger partial charge in [0, 0.05) is 5.92 Å². The number of carbonyl (C=O) groups is 1. The molecule has 0 aromatic carbocycles. The lowest BCUT2D eigenvalue weighted by atomic mass is 10.0. The molecule has 3 aliphatic carbocycles. The summed E-state index contributed by atoms with van der Waals surface area (Å²) in [4.78, 5) is 15.5. The van der Waals surface area contributed by atoms with Crippen molar-refractivity contribution in [1.82, 2.24) is 20.5 Å². The monoisotopic (exact) mass is 300 g/mol. The number of aromatic amines is 1. The van der Waals surface area contributed by atoms with Crippen molar-refractivity contribution in [2.45, 2.75) is 32.0 Å². The van der Waals surface area contributed by atoms with Gasteiger partial charge in [-0.15, -0.1) is 5.10 Å². The van der Waals surface area contributed by atoms with Crippen LogP contribution in [-0.2, 0) is 17.5 Å². The molecule has 3 aliphatic rings. The summed E-state index contributed by atoms with van der Waals surface area (Å²) in [6.45, 7) is -0.0345. The molecule has 8 heteroatoms. The number of aromatic nitrogens is 3.